The van der Waals surface area contributed by atoms with Crippen LogP contribution in [0, 0.1) is 34.3 Å². The number of hydrogen-bond donors (Lipinski definition) is 2. The zero-order valence-electron chi connectivity index (χ0n) is 40.2. The topological polar surface area (TPSA) is 171 Å². The maximum Gasteiger partial charge on any atom is 0.416 e. The molecule has 3 aliphatic rings. The van der Waals surface area contributed by atoms with E-state index < -0.39 is 43.7 Å². The summed E-state index contributed by atoms with van der Waals surface area (Å²) in [7, 11) is -4.39. The van der Waals surface area contributed by atoms with E-state index in [1.807, 2.05) is 24.8 Å². The van der Waals surface area contributed by atoms with E-state index in [1.54, 1.807) is 43.5 Å². The third-order valence-electron chi connectivity index (χ3n) is 13.9. The minimum absolute atomic E-state index is 0.00676. The first-order valence-corrected chi connectivity index (χ1v) is 25.5. The Morgan fingerprint density at radius 3 is 2.41 bits per heavy atom. The number of pyridine rings is 1. The molecular weight excluding hydrogens is 924 g/mol. The van der Waals surface area contributed by atoms with Crippen LogP contribution in [0.1, 0.15) is 86.8 Å². The summed E-state index contributed by atoms with van der Waals surface area (Å²) in [5.41, 5.74) is 4.30. The molecule has 2 fully saturated rings. The van der Waals surface area contributed by atoms with E-state index in [4.69, 9.17) is 4.74 Å². The maximum absolute atomic E-state index is 14.1. The Kier molecular flexibility index (Phi) is 14.5. The molecule has 1 aliphatic carbocycles. The molecule has 5 aromatic rings. The smallest absolute Gasteiger partial charge is 0.416 e. The van der Waals surface area contributed by atoms with Crippen molar-refractivity contribution in [2.45, 2.75) is 77.8 Å². The third kappa shape index (κ3) is 11.5. The van der Waals surface area contributed by atoms with Gasteiger partial charge in [-0.2, -0.15) is 13.2 Å². The van der Waals surface area contributed by atoms with Crippen molar-refractivity contribution in [2.75, 3.05) is 68.3 Å². The average molecular weight is 984 g/mol. The number of allylic oxidation sites excluding steroid dienone is 1. The lowest BCUT2D eigenvalue weighted by Gasteiger charge is -2.39. The number of piperidine rings is 1. The van der Waals surface area contributed by atoms with Gasteiger partial charge in [0.25, 0.3) is 5.69 Å². The van der Waals surface area contributed by atoms with Gasteiger partial charge in [0.05, 0.1) is 27.1 Å². The number of nitro benzene ring substituents is 1. The molecule has 0 bridgehead atoms. The molecule has 0 atom stereocenters. The molecule has 2 N–H and O–H groups in total. The minimum atomic E-state index is -4.42. The Morgan fingerprint density at radius 2 is 1.73 bits per heavy atom. The number of aryl methyl sites for hydroxylation is 1. The Hall–Kier alpha value is -6.27. The number of nitro groups is 1. The van der Waals surface area contributed by atoms with E-state index in [1.165, 1.54) is 36.0 Å². The van der Waals surface area contributed by atoms with Crippen molar-refractivity contribution in [1.82, 2.24) is 19.8 Å². The number of amides is 1. The highest BCUT2D eigenvalue weighted by Crippen LogP contribution is 2.45. The number of benzene rings is 3. The molecule has 0 unspecified atom stereocenters. The van der Waals surface area contributed by atoms with Crippen LogP contribution >= 0.6 is 0 Å². The van der Waals surface area contributed by atoms with Crippen LogP contribution in [0.15, 0.2) is 89.6 Å². The molecule has 1 amide bonds. The number of piperazine rings is 1. The number of Topliss-reactive ketones (excluding diaryl/α,β-unsaturated/α-hetero) is 1. The Labute approximate surface area is 406 Å². The SMILES string of the molecule is Cc1cc(C(F)(F)F)ccc1C1=C(CN2CCN(c3ccc(C(=O)CS(=O)(=O)c4ccc(NCC5CCN(C(=O)C(C)C)CC5)c([N+](=O)[O-])c4)c(Oc4cnc5[nH]ccc5c4)c3)CC2)CCC(C)(C)C1. The zero-order valence-corrected chi connectivity index (χ0v) is 41.0. The molecule has 0 saturated carbocycles. The lowest BCUT2D eigenvalue weighted by molar-refractivity contribution is -0.384. The highest BCUT2D eigenvalue weighted by atomic mass is 32.2. The Morgan fingerprint density at radius 1 is 0.986 bits per heavy atom. The molecule has 70 heavy (non-hydrogen) atoms. The predicted molar refractivity (Wildman–Crippen MR) is 264 cm³/mol. The first-order valence-electron chi connectivity index (χ1n) is 23.8. The van der Waals surface area contributed by atoms with E-state index in [9.17, 15) is 41.3 Å². The molecule has 372 valence electrons. The summed E-state index contributed by atoms with van der Waals surface area (Å²) >= 11 is 0. The molecule has 8 rings (SSSR count). The molecular formula is C52H60F3N7O7S. The van der Waals surface area contributed by atoms with Crippen LogP contribution in [0.5, 0.6) is 11.5 Å². The predicted octanol–water partition coefficient (Wildman–Crippen LogP) is 10.3. The van der Waals surface area contributed by atoms with Gasteiger partial charge < -0.3 is 24.8 Å². The van der Waals surface area contributed by atoms with E-state index in [0.717, 1.165) is 60.4 Å². The molecule has 3 aromatic carbocycles. The summed E-state index contributed by atoms with van der Waals surface area (Å²) in [6.45, 7) is 14.8. The zero-order chi connectivity index (χ0) is 50.1. The number of sulfone groups is 1. The number of aromatic amines is 1. The van der Waals surface area contributed by atoms with E-state index in [-0.39, 0.29) is 45.1 Å². The minimum Gasteiger partial charge on any atom is -0.455 e. The van der Waals surface area contributed by atoms with E-state index in [0.29, 0.717) is 69.3 Å². The standard InChI is InChI=1S/C52H60F3N7O7S/c1-33(2)50(64)61-18-14-35(15-19-61)29-57-45-11-8-41(27-46(45)62(65)66)70(67,68)32-47(63)43-10-7-39(26-48(43)69-40-25-36-13-17-56-49(36)58-30-40)60-22-20-59(21-23-60)31-37-12-16-51(4,5)28-44(37)42-9-6-38(24-34(42)3)52(53,54)55/h6-11,13,17,24-27,30,33,35,57H,12,14-16,18-23,28-29,31-32H2,1-5H3,(H,56,58). The first-order chi connectivity index (χ1) is 33.1. The van der Waals surface area contributed by atoms with Gasteiger partial charge in [-0.15, -0.1) is 0 Å². The fourth-order valence-corrected chi connectivity index (χ4v) is 11.1. The second-order valence-electron chi connectivity index (χ2n) is 20.0. The molecule has 2 saturated heterocycles. The van der Waals surface area contributed by atoms with Gasteiger partial charge in [-0.05, 0) is 116 Å². The number of fused-ring (bicyclic) bond motifs is 1. The summed E-state index contributed by atoms with van der Waals surface area (Å²) in [5.74, 6) is -1.14. The molecule has 0 radical (unpaired) electrons. The van der Waals surface area contributed by atoms with Crippen molar-refractivity contribution in [3.05, 3.63) is 117 Å². The number of rotatable bonds is 15. The number of nitrogens with zero attached hydrogens (tertiary/aromatic N) is 5. The van der Waals surface area contributed by atoms with E-state index in [2.05, 4.69) is 38.9 Å². The number of aromatic nitrogens is 2. The number of H-pyrrole nitrogens is 1. The van der Waals surface area contributed by atoms with Crippen molar-refractivity contribution < 1.29 is 40.8 Å². The van der Waals surface area contributed by atoms with E-state index >= 15 is 0 Å². The number of hydrogen-bond acceptors (Lipinski definition) is 11. The number of likely N-dealkylation sites (tertiary alicyclic amines) is 1. The van der Waals surface area contributed by atoms with Crippen LogP contribution in [0.4, 0.5) is 30.2 Å². The van der Waals surface area contributed by atoms with Gasteiger partial charge in [0.15, 0.2) is 15.6 Å². The largest absolute Gasteiger partial charge is 0.455 e. The number of ether oxygens (including phenoxy) is 1. The Balaban J connectivity index is 0.980. The second-order valence-corrected chi connectivity index (χ2v) is 22.0. The lowest BCUT2D eigenvalue weighted by Crippen LogP contribution is -2.47. The summed E-state index contributed by atoms with van der Waals surface area (Å²) < 4.78 is 74.9. The highest BCUT2D eigenvalue weighted by Gasteiger charge is 2.34. The van der Waals surface area contributed by atoms with Crippen molar-refractivity contribution >= 4 is 55.2 Å². The quantitative estimate of drug-likeness (QED) is 0.0581. The van der Waals surface area contributed by atoms with Gasteiger partial charge in [0.1, 0.15) is 28.6 Å². The number of carbonyl (C=O) groups excluding carboxylic acids is 2. The number of ketones is 1. The van der Waals surface area contributed by atoms with Crippen LogP contribution in [0.25, 0.3) is 16.6 Å². The van der Waals surface area contributed by atoms with Crippen molar-refractivity contribution in [1.29, 1.82) is 0 Å². The van der Waals surface area contributed by atoms with Gasteiger partial charge in [-0.1, -0.05) is 39.3 Å². The van der Waals surface area contributed by atoms with Crippen LogP contribution in [-0.4, -0.2) is 103 Å². The monoisotopic (exact) mass is 983 g/mol. The third-order valence-corrected chi connectivity index (χ3v) is 15.5. The molecule has 0 spiro atoms. The maximum atomic E-state index is 14.1. The van der Waals surface area contributed by atoms with Gasteiger partial charge in [-0.25, -0.2) is 13.4 Å². The summed E-state index contributed by atoms with van der Waals surface area (Å²) in [6, 6.07) is 16.2. The molecule has 2 aliphatic heterocycles. The summed E-state index contributed by atoms with van der Waals surface area (Å²) in [6.07, 6.45) is 2.87. The molecule has 14 nitrogen and oxygen atoms in total. The van der Waals surface area contributed by atoms with Crippen LogP contribution in [0.2, 0.25) is 0 Å². The average Bonchev–Trinajstić information content (AvgIpc) is 3.79. The normalized spacial score (nSPS) is 17.3. The molecule has 2 aromatic heterocycles. The van der Waals surface area contributed by atoms with Gasteiger partial charge in [0, 0.05) is 87.7 Å². The number of nitrogens with one attached hydrogen (secondary N) is 2. The van der Waals surface area contributed by atoms with Gasteiger partial charge >= 0.3 is 6.18 Å². The fraction of sp³-hybridized carbons (Fsp3) is 0.442. The molecule has 18 heteroatoms. The van der Waals surface area contributed by atoms with Crippen molar-refractivity contribution in [2.24, 2.45) is 17.3 Å². The van der Waals surface area contributed by atoms with Crippen LogP contribution < -0.4 is 15.0 Å². The summed E-state index contributed by atoms with van der Waals surface area (Å²) in [4.78, 5) is 51.6. The van der Waals surface area contributed by atoms with Crippen molar-refractivity contribution in [3.63, 3.8) is 0 Å². The number of anilines is 2. The number of alkyl halides is 3. The Bertz CT molecular complexity index is 2930. The van der Waals surface area contributed by atoms with Gasteiger partial charge in [-0.3, -0.25) is 24.6 Å². The summed E-state index contributed by atoms with van der Waals surface area (Å²) in [5, 5.41) is 16.1. The number of carbonyl (C=O) groups is 2. The second kappa shape index (κ2) is 20.2. The molecule has 4 heterocycles. The first kappa shape index (κ1) is 50.1. The van der Waals surface area contributed by atoms with Gasteiger partial charge in [0.2, 0.25) is 5.91 Å². The lowest BCUT2D eigenvalue weighted by atomic mass is 9.72. The fourth-order valence-electron chi connectivity index (χ4n) is 9.85. The highest BCUT2D eigenvalue weighted by molar-refractivity contribution is 7.92. The van der Waals surface area contributed by atoms with Crippen molar-refractivity contribution in [3.8, 4) is 11.5 Å². The van der Waals surface area contributed by atoms with Crippen LogP contribution in [0.3, 0.4) is 0 Å². The van der Waals surface area contributed by atoms with Crippen LogP contribution in [-0.2, 0) is 20.8 Å². The number of halogens is 3.